The Hall–Kier alpha value is -4.24. The fraction of sp³-hybridized carbons (Fsp3) is 0.810. The molecule has 16 nitrogen and oxygen atoms in total. The molecule has 0 unspecified atom stereocenters. The normalized spacial score (nSPS) is 10.6. The third-order valence-corrected chi connectivity index (χ3v) is 9.12. The van der Waals surface area contributed by atoms with Crippen molar-refractivity contribution in [1.29, 1.82) is 0 Å². The molecule has 0 fully saturated rings. The lowest BCUT2D eigenvalue weighted by Crippen LogP contribution is -2.28. The molecule has 0 aromatic heterocycles. The fourth-order valence-electron chi connectivity index (χ4n) is 5.64. The summed E-state index contributed by atoms with van der Waals surface area (Å²) in [6.45, 7) is 8.62. The molecule has 0 aliphatic carbocycles. The van der Waals surface area contributed by atoms with Crippen molar-refractivity contribution in [1.82, 2.24) is 42.5 Å². The molecule has 334 valence electrons. The van der Waals surface area contributed by atoms with Crippen LogP contribution in [0, 0.1) is 0 Å². The predicted molar refractivity (Wildman–Crippen MR) is 226 cm³/mol. The number of amides is 8. The van der Waals surface area contributed by atoms with Gasteiger partial charge in [-0.05, 0) is 103 Å². The van der Waals surface area contributed by atoms with Crippen molar-refractivity contribution < 1.29 is 38.4 Å². The maximum Gasteiger partial charge on any atom is 0.219 e. The van der Waals surface area contributed by atoms with Gasteiger partial charge in [-0.2, -0.15) is 0 Å². The zero-order chi connectivity index (χ0) is 42.9. The number of rotatable bonds is 39. The molecule has 8 amide bonds. The van der Waals surface area contributed by atoms with Crippen molar-refractivity contribution in [3.63, 3.8) is 0 Å². The second-order valence-electron chi connectivity index (χ2n) is 14.7. The summed E-state index contributed by atoms with van der Waals surface area (Å²) in [6, 6.07) is 0. The van der Waals surface area contributed by atoms with Crippen LogP contribution in [0.5, 0.6) is 0 Å². The van der Waals surface area contributed by atoms with E-state index in [2.05, 4.69) is 42.5 Å². The Morgan fingerprint density at radius 2 is 0.362 bits per heavy atom. The van der Waals surface area contributed by atoms with E-state index < -0.39 is 0 Å². The number of hydrogen-bond donors (Lipinski definition) is 8. The molecule has 0 bridgehead atoms. The van der Waals surface area contributed by atoms with Gasteiger partial charge in [-0.1, -0.05) is 13.8 Å². The molecule has 0 aromatic carbocycles. The number of nitrogens with one attached hydrogen (secondary N) is 8. The van der Waals surface area contributed by atoms with Gasteiger partial charge < -0.3 is 42.5 Å². The molecule has 0 saturated heterocycles. The Morgan fingerprint density at radius 3 is 0.500 bits per heavy atom. The summed E-state index contributed by atoms with van der Waals surface area (Å²) in [5, 5.41) is 22.9. The summed E-state index contributed by atoms with van der Waals surface area (Å²) < 4.78 is 0. The zero-order valence-electron chi connectivity index (χ0n) is 35.9. The molecule has 0 atom stereocenters. The summed E-state index contributed by atoms with van der Waals surface area (Å²) in [7, 11) is 0. The van der Waals surface area contributed by atoms with Crippen molar-refractivity contribution in [2.45, 2.75) is 168 Å². The average molecular weight is 823 g/mol. The fourth-order valence-corrected chi connectivity index (χ4v) is 5.64. The van der Waals surface area contributed by atoms with Crippen molar-refractivity contribution in [3.05, 3.63) is 0 Å². The van der Waals surface area contributed by atoms with E-state index in [1.807, 2.05) is 13.8 Å². The van der Waals surface area contributed by atoms with Crippen LogP contribution in [0.3, 0.4) is 0 Å². The highest BCUT2D eigenvalue weighted by Crippen LogP contribution is 2.04. The van der Waals surface area contributed by atoms with Crippen LogP contribution in [0.15, 0.2) is 0 Å². The topological polar surface area (TPSA) is 233 Å². The summed E-state index contributed by atoms with van der Waals surface area (Å²) in [5.41, 5.74) is 0. The van der Waals surface area contributed by atoms with Gasteiger partial charge in [-0.15, -0.1) is 0 Å². The van der Waals surface area contributed by atoms with E-state index in [9.17, 15) is 38.4 Å². The van der Waals surface area contributed by atoms with Gasteiger partial charge in [0.15, 0.2) is 0 Å². The largest absolute Gasteiger partial charge is 0.356 e. The highest BCUT2D eigenvalue weighted by atomic mass is 16.2. The Morgan fingerprint density at radius 1 is 0.224 bits per heavy atom. The molecule has 0 aliphatic heterocycles. The lowest BCUT2D eigenvalue weighted by molar-refractivity contribution is -0.123. The van der Waals surface area contributed by atoms with Crippen LogP contribution >= 0.6 is 0 Å². The number of carbonyl (C=O) groups is 8. The van der Waals surface area contributed by atoms with Crippen LogP contribution in [0.1, 0.15) is 168 Å². The van der Waals surface area contributed by atoms with Crippen molar-refractivity contribution in [3.8, 4) is 0 Å². The molecule has 16 heteroatoms. The van der Waals surface area contributed by atoms with Gasteiger partial charge in [-0.25, -0.2) is 0 Å². The average Bonchev–Trinajstić information content (AvgIpc) is 3.20. The molecule has 0 rings (SSSR count). The van der Waals surface area contributed by atoms with E-state index >= 15 is 0 Å². The van der Waals surface area contributed by atoms with Crippen LogP contribution in [-0.2, 0) is 38.4 Å². The van der Waals surface area contributed by atoms with Gasteiger partial charge in [0, 0.05) is 104 Å². The lowest BCUT2D eigenvalue weighted by Gasteiger charge is -2.08. The smallest absolute Gasteiger partial charge is 0.219 e. The van der Waals surface area contributed by atoms with E-state index in [0.717, 1.165) is 51.4 Å². The summed E-state index contributed by atoms with van der Waals surface area (Å²) in [4.78, 5) is 95.2. The van der Waals surface area contributed by atoms with E-state index in [1.54, 1.807) is 0 Å². The predicted octanol–water partition coefficient (Wildman–Crippen LogP) is 3.32. The van der Waals surface area contributed by atoms with Crippen molar-refractivity contribution in [2.75, 3.05) is 52.4 Å². The molecule has 58 heavy (non-hydrogen) atoms. The van der Waals surface area contributed by atoms with Gasteiger partial charge in [-0.3, -0.25) is 38.4 Å². The monoisotopic (exact) mass is 823 g/mol. The molecule has 0 aromatic rings. The maximum atomic E-state index is 12.1. The summed E-state index contributed by atoms with van der Waals surface area (Å²) >= 11 is 0. The van der Waals surface area contributed by atoms with E-state index in [-0.39, 0.29) is 47.3 Å². The van der Waals surface area contributed by atoms with Crippen LogP contribution in [0.2, 0.25) is 0 Å². The maximum absolute atomic E-state index is 12.1. The molecule has 0 spiro atoms. The van der Waals surface area contributed by atoms with E-state index in [0.29, 0.717) is 155 Å². The van der Waals surface area contributed by atoms with Crippen molar-refractivity contribution >= 4 is 47.3 Å². The molecular formula is C42H78N8O8. The van der Waals surface area contributed by atoms with Gasteiger partial charge in [0.25, 0.3) is 0 Å². The van der Waals surface area contributed by atoms with Crippen LogP contribution in [0.25, 0.3) is 0 Å². The number of hydrogen-bond acceptors (Lipinski definition) is 8. The van der Waals surface area contributed by atoms with Gasteiger partial charge in [0.2, 0.25) is 47.3 Å². The summed E-state index contributed by atoms with van der Waals surface area (Å²) in [5.74, 6) is -0.161. The van der Waals surface area contributed by atoms with Gasteiger partial charge in [0.1, 0.15) is 0 Å². The molecular weight excluding hydrogens is 745 g/mol. The van der Waals surface area contributed by atoms with Crippen molar-refractivity contribution in [2.24, 2.45) is 0 Å². The highest BCUT2D eigenvalue weighted by Gasteiger charge is 2.08. The number of unbranched alkanes of at least 4 members (excludes halogenated alkanes) is 7. The first-order valence-electron chi connectivity index (χ1n) is 22.2. The third-order valence-electron chi connectivity index (χ3n) is 9.12. The Kier molecular flexibility index (Phi) is 36.7. The standard InChI is InChI=1S/C42H78N8O8/c1-3-27-43-35(51)19-5-7-21-37(53)45-29-13-15-31-47-39(55)23-9-11-25-41(57)49-33-17-18-34-50-42(58)26-12-10-24-40(56)48-32-16-14-30-46-38(54)22-8-6-20-36(52)44-28-4-2/h3-34H2,1-2H3,(H,43,51)(H,44,52)(H,45,53)(H,46,54)(H,47,55)(H,48,56)(H,49,57)(H,50,58). The minimum absolute atomic E-state index is 0.0184. The highest BCUT2D eigenvalue weighted by molar-refractivity contribution is 5.79. The quantitative estimate of drug-likeness (QED) is 0.0428. The third kappa shape index (κ3) is 38.6. The van der Waals surface area contributed by atoms with Crippen LogP contribution in [-0.4, -0.2) is 99.6 Å². The minimum Gasteiger partial charge on any atom is -0.356 e. The molecule has 0 aliphatic rings. The Balaban J connectivity index is 3.54. The Bertz CT molecular complexity index is 1080. The van der Waals surface area contributed by atoms with E-state index in [1.165, 1.54) is 0 Å². The first-order chi connectivity index (χ1) is 28.1. The zero-order valence-corrected chi connectivity index (χ0v) is 35.9. The van der Waals surface area contributed by atoms with Gasteiger partial charge in [0.05, 0.1) is 0 Å². The lowest BCUT2D eigenvalue weighted by atomic mass is 10.1. The Labute approximate surface area is 347 Å². The number of carbonyl (C=O) groups excluding carboxylic acids is 8. The first kappa shape index (κ1) is 53.8. The second-order valence-corrected chi connectivity index (χ2v) is 14.7. The molecule has 8 N–H and O–H groups in total. The van der Waals surface area contributed by atoms with Crippen LogP contribution in [0.4, 0.5) is 0 Å². The molecule has 0 saturated carbocycles. The molecule has 0 heterocycles. The first-order valence-corrected chi connectivity index (χ1v) is 22.2. The molecule has 0 radical (unpaired) electrons. The SMILES string of the molecule is CCCNC(=O)CCCCC(=O)NCCCCNC(=O)CCCCC(=O)NCCCCNC(=O)CCCCC(=O)NCCCCNC(=O)CCCCC(=O)NCCC. The van der Waals surface area contributed by atoms with E-state index in [4.69, 9.17) is 0 Å². The summed E-state index contributed by atoms with van der Waals surface area (Å²) in [6.07, 6.45) is 14.7. The second kappa shape index (κ2) is 39.6. The minimum atomic E-state index is -0.0505. The van der Waals surface area contributed by atoms with Gasteiger partial charge >= 0.3 is 0 Å². The van der Waals surface area contributed by atoms with Crippen LogP contribution < -0.4 is 42.5 Å².